The van der Waals surface area contributed by atoms with Crippen molar-refractivity contribution in [2.75, 3.05) is 0 Å². The van der Waals surface area contributed by atoms with E-state index < -0.39 is 5.41 Å². The topological polar surface area (TPSA) is 114 Å². The summed E-state index contributed by atoms with van der Waals surface area (Å²) in [5, 5.41) is 18.3. The van der Waals surface area contributed by atoms with Crippen LogP contribution in [0.15, 0.2) is 22.0 Å². The van der Waals surface area contributed by atoms with Crippen LogP contribution in [0.5, 0.6) is 0 Å². The molecular formula is C11H16N4O3. The molecule has 7 nitrogen and oxygen atoms in total. The van der Waals surface area contributed by atoms with Gasteiger partial charge in [-0.25, -0.2) is 0 Å². The number of amidine groups is 1. The van der Waals surface area contributed by atoms with Gasteiger partial charge in [-0.05, 0) is 12.8 Å². The van der Waals surface area contributed by atoms with E-state index in [0.29, 0.717) is 18.5 Å². The van der Waals surface area contributed by atoms with E-state index in [2.05, 4.69) is 20.2 Å². The zero-order valence-electron chi connectivity index (χ0n) is 9.93. The van der Waals surface area contributed by atoms with Gasteiger partial charge in [0, 0.05) is 6.07 Å². The van der Waals surface area contributed by atoms with Crippen LogP contribution in [-0.4, -0.2) is 22.1 Å². The lowest BCUT2D eigenvalue weighted by Gasteiger charge is -2.25. The molecule has 2 rings (SSSR count). The number of aromatic nitrogens is 1. The molecule has 98 valence electrons. The second-order valence-electron chi connectivity index (χ2n) is 4.45. The first-order valence-electron chi connectivity index (χ1n) is 5.84. The van der Waals surface area contributed by atoms with Crippen LogP contribution in [0.4, 0.5) is 0 Å². The molecule has 7 heteroatoms. The zero-order chi connectivity index (χ0) is 13.0. The fourth-order valence-corrected chi connectivity index (χ4v) is 2.34. The van der Waals surface area contributed by atoms with Crippen molar-refractivity contribution >= 4 is 11.7 Å². The van der Waals surface area contributed by atoms with Crippen molar-refractivity contribution in [1.29, 1.82) is 0 Å². The van der Waals surface area contributed by atoms with Crippen molar-refractivity contribution in [3.63, 3.8) is 0 Å². The van der Waals surface area contributed by atoms with Crippen molar-refractivity contribution in [1.82, 2.24) is 10.5 Å². The van der Waals surface area contributed by atoms with E-state index in [9.17, 15) is 4.79 Å². The molecule has 0 saturated heterocycles. The quantitative estimate of drug-likeness (QED) is 0.314. The van der Waals surface area contributed by atoms with Gasteiger partial charge in [0.15, 0.2) is 5.84 Å². The van der Waals surface area contributed by atoms with Gasteiger partial charge in [0.1, 0.15) is 17.4 Å². The van der Waals surface area contributed by atoms with Gasteiger partial charge in [-0.15, -0.1) is 0 Å². The maximum absolute atomic E-state index is 12.2. The van der Waals surface area contributed by atoms with Crippen LogP contribution < -0.4 is 11.1 Å². The Morgan fingerprint density at radius 1 is 1.61 bits per heavy atom. The summed E-state index contributed by atoms with van der Waals surface area (Å²) >= 11 is 0. The second-order valence-corrected chi connectivity index (χ2v) is 4.45. The summed E-state index contributed by atoms with van der Waals surface area (Å²) in [5.41, 5.74) is 5.43. The van der Waals surface area contributed by atoms with Crippen LogP contribution in [0, 0.1) is 5.41 Å². The van der Waals surface area contributed by atoms with Crippen molar-refractivity contribution in [3.8, 4) is 0 Å². The van der Waals surface area contributed by atoms with Gasteiger partial charge in [0.2, 0.25) is 5.91 Å². The van der Waals surface area contributed by atoms with Crippen LogP contribution in [0.3, 0.4) is 0 Å². The van der Waals surface area contributed by atoms with E-state index in [1.807, 2.05) is 0 Å². The van der Waals surface area contributed by atoms with E-state index in [0.717, 1.165) is 12.8 Å². The number of nitrogens with one attached hydrogen (secondary N) is 1. The Labute approximate surface area is 104 Å². The highest BCUT2D eigenvalue weighted by molar-refractivity contribution is 6.06. The largest absolute Gasteiger partial charge is 0.409 e. The molecule has 0 unspecified atom stereocenters. The van der Waals surface area contributed by atoms with Crippen LogP contribution >= 0.6 is 0 Å². The SMILES string of the molecule is N/C(=N/O)C1(C(=O)NCc2ccon2)CCCC1. The fraction of sp³-hybridized carbons (Fsp3) is 0.545. The molecule has 0 spiro atoms. The third kappa shape index (κ3) is 2.15. The van der Waals surface area contributed by atoms with Crippen LogP contribution in [0.25, 0.3) is 0 Å². The Morgan fingerprint density at radius 2 is 2.33 bits per heavy atom. The lowest BCUT2D eigenvalue weighted by atomic mass is 9.84. The average Bonchev–Trinajstić information content (AvgIpc) is 3.06. The third-order valence-electron chi connectivity index (χ3n) is 3.41. The maximum atomic E-state index is 12.2. The first kappa shape index (κ1) is 12.4. The molecule has 1 aromatic heterocycles. The minimum Gasteiger partial charge on any atom is -0.409 e. The zero-order valence-corrected chi connectivity index (χ0v) is 9.93. The van der Waals surface area contributed by atoms with Crippen LogP contribution in [-0.2, 0) is 11.3 Å². The van der Waals surface area contributed by atoms with E-state index >= 15 is 0 Å². The van der Waals surface area contributed by atoms with Gasteiger partial charge in [-0.1, -0.05) is 23.2 Å². The molecule has 1 aliphatic rings. The molecule has 0 aromatic carbocycles. The number of rotatable bonds is 4. The highest BCUT2D eigenvalue weighted by atomic mass is 16.5. The summed E-state index contributed by atoms with van der Waals surface area (Å²) in [6, 6.07) is 1.67. The first-order valence-corrected chi connectivity index (χ1v) is 5.84. The number of amides is 1. The summed E-state index contributed by atoms with van der Waals surface area (Å²) in [6.45, 7) is 0.274. The van der Waals surface area contributed by atoms with Crippen molar-refractivity contribution in [2.24, 2.45) is 16.3 Å². The molecule has 1 saturated carbocycles. The Bertz CT molecular complexity index is 435. The number of nitrogens with two attached hydrogens (primary N) is 1. The third-order valence-corrected chi connectivity index (χ3v) is 3.41. The number of carbonyl (C=O) groups excluding carboxylic acids is 1. The molecule has 0 radical (unpaired) electrons. The minimum atomic E-state index is -0.877. The Morgan fingerprint density at radius 3 is 2.89 bits per heavy atom. The molecule has 18 heavy (non-hydrogen) atoms. The standard InChI is InChI=1S/C11H16N4O3/c12-9(14-17)11(4-1-2-5-11)10(16)13-7-8-3-6-18-15-8/h3,6,17H,1-2,4-5,7H2,(H2,12,14)(H,13,16). The van der Waals surface area contributed by atoms with Gasteiger partial charge < -0.3 is 20.8 Å². The summed E-state index contributed by atoms with van der Waals surface area (Å²) < 4.78 is 4.68. The van der Waals surface area contributed by atoms with Crippen LogP contribution in [0.2, 0.25) is 0 Å². The molecule has 1 aromatic rings. The van der Waals surface area contributed by atoms with E-state index in [1.54, 1.807) is 6.07 Å². The van der Waals surface area contributed by atoms with Crippen molar-refractivity contribution < 1.29 is 14.5 Å². The van der Waals surface area contributed by atoms with Crippen molar-refractivity contribution in [3.05, 3.63) is 18.0 Å². The maximum Gasteiger partial charge on any atom is 0.234 e. The normalized spacial score (nSPS) is 18.8. The lowest BCUT2D eigenvalue weighted by Crippen LogP contribution is -2.48. The summed E-state index contributed by atoms with van der Waals surface area (Å²) in [4.78, 5) is 12.2. The monoisotopic (exact) mass is 252 g/mol. The molecule has 1 amide bonds. The van der Waals surface area contributed by atoms with E-state index in [1.165, 1.54) is 6.26 Å². The Kier molecular flexibility index (Phi) is 3.50. The fourth-order valence-electron chi connectivity index (χ4n) is 2.34. The molecule has 0 aliphatic heterocycles. The second kappa shape index (κ2) is 5.07. The number of carbonyl (C=O) groups is 1. The van der Waals surface area contributed by atoms with E-state index in [-0.39, 0.29) is 18.3 Å². The lowest BCUT2D eigenvalue weighted by molar-refractivity contribution is -0.127. The number of oxime groups is 1. The smallest absolute Gasteiger partial charge is 0.234 e. The molecule has 4 N–H and O–H groups in total. The molecule has 1 heterocycles. The highest BCUT2D eigenvalue weighted by Gasteiger charge is 2.45. The Balaban J connectivity index is 2.05. The van der Waals surface area contributed by atoms with E-state index in [4.69, 9.17) is 10.9 Å². The summed E-state index contributed by atoms with van der Waals surface area (Å²) in [6.07, 6.45) is 4.44. The minimum absolute atomic E-state index is 0.0161. The molecule has 1 fully saturated rings. The number of hydrogen-bond donors (Lipinski definition) is 3. The Hall–Kier alpha value is -2.05. The predicted octanol–water partition coefficient (Wildman–Crippen LogP) is 0.598. The van der Waals surface area contributed by atoms with Crippen molar-refractivity contribution in [2.45, 2.75) is 32.2 Å². The summed E-state index contributed by atoms with van der Waals surface area (Å²) in [7, 11) is 0. The highest BCUT2D eigenvalue weighted by Crippen LogP contribution is 2.38. The molecule has 1 aliphatic carbocycles. The number of hydrogen-bond acceptors (Lipinski definition) is 5. The number of nitrogens with zero attached hydrogens (tertiary/aromatic N) is 2. The van der Waals surface area contributed by atoms with Gasteiger partial charge in [-0.3, -0.25) is 4.79 Å². The van der Waals surface area contributed by atoms with Gasteiger partial charge in [0.25, 0.3) is 0 Å². The van der Waals surface area contributed by atoms with Gasteiger partial charge in [0.05, 0.1) is 6.54 Å². The molecular weight excluding hydrogens is 236 g/mol. The predicted molar refractivity (Wildman–Crippen MR) is 62.7 cm³/mol. The average molecular weight is 252 g/mol. The first-order chi connectivity index (χ1) is 8.69. The van der Waals surface area contributed by atoms with Gasteiger partial charge >= 0.3 is 0 Å². The molecule has 0 atom stereocenters. The van der Waals surface area contributed by atoms with Crippen LogP contribution in [0.1, 0.15) is 31.4 Å². The molecule has 0 bridgehead atoms. The summed E-state index contributed by atoms with van der Waals surface area (Å²) in [5.74, 6) is -0.240. The van der Waals surface area contributed by atoms with Gasteiger partial charge in [-0.2, -0.15) is 0 Å².